The van der Waals surface area contributed by atoms with E-state index in [1.165, 1.54) is 9.47 Å². The van der Waals surface area contributed by atoms with Gasteiger partial charge in [-0.1, -0.05) is 30.3 Å². The standard InChI is InChI=1S/C21H20N2O3/c1-4-7-14-10-12-15(13-11-14)22(2)20(25)18-19(24)16-8-5-6-9-17(16)23(3)21(18)26/h4-6,8-13,24H,1,7H2,2-3H3. The van der Waals surface area contributed by atoms with Gasteiger partial charge in [-0.05, 0) is 36.2 Å². The molecule has 0 bridgehead atoms. The largest absolute Gasteiger partial charge is 0.506 e. The summed E-state index contributed by atoms with van der Waals surface area (Å²) in [4.78, 5) is 27.0. The van der Waals surface area contributed by atoms with E-state index in [2.05, 4.69) is 6.58 Å². The van der Waals surface area contributed by atoms with Crippen LogP contribution in [0.3, 0.4) is 0 Å². The summed E-state index contributed by atoms with van der Waals surface area (Å²) in [7, 11) is 3.17. The summed E-state index contributed by atoms with van der Waals surface area (Å²) < 4.78 is 1.38. The molecule has 0 unspecified atom stereocenters. The van der Waals surface area contributed by atoms with Gasteiger partial charge >= 0.3 is 0 Å². The van der Waals surface area contributed by atoms with Crippen molar-refractivity contribution in [3.05, 3.63) is 82.7 Å². The second kappa shape index (κ2) is 6.88. The van der Waals surface area contributed by atoms with Crippen molar-refractivity contribution in [2.45, 2.75) is 6.42 Å². The number of allylic oxidation sites excluding steroid dienone is 1. The molecule has 0 aliphatic heterocycles. The second-order valence-corrected chi connectivity index (χ2v) is 6.13. The molecule has 5 nitrogen and oxygen atoms in total. The third-order valence-electron chi connectivity index (χ3n) is 4.50. The zero-order valence-corrected chi connectivity index (χ0v) is 14.8. The Bertz CT molecular complexity index is 1050. The molecule has 0 atom stereocenters. The lowest BCUT2D eigenvalue weighted by molar-refractivity contribution is 0.0988. The van der Waals surface area contributed by atoms with E-state index in [9.17, 15) is 14.7 Å². The van der Waals surface area contributed by atoms with Crippen molar-refractivity contribution in [2.24, 2.45) is 7.05 Å². The highest BCUT2D eigenvalue weighted by molar-refractivity contribution is 6.10. The number of amides is 1. The van der Waals surface area contributed by atoms with E-state index in [0.29, 0.717) is 16.6 Å². The van der Waals surface area contributed by atoms with Gasteiger partial charge in [0.15, 0.2) is 0 Å². The predicted molar refractivity (Wildman–Crippen MR) is 104 cm³/mol. The number of aromatic hydroxyl groups is 1. The molecule has 0 saturated carbocycles. The molecular weight excluding hydrogens is 328 g/mol. The summed E-state index contributed by atoms with van der Waals surface area (Å²) in [6.07, 6.45) is 2.55. The SMILES string of the molecule is C=CCc1ccc(N(C)C(=O)c2c(O)c3ccccc3n(C)c2=O)cc1. The van der Waals surface area contributed by atoms with Gasteiger partial charge in [0, 0.05) is 25.2 Å². The number of anilines is 1. The predicted octanol–water partition coefficient (Wildman–Crippen LogP) is 3.25. The summed E-state index contributed by atoms with van der Waals surface area (Å²) >= 11 is 0. The van der Waals surface area contributed by atoms with Crippen molar-refractivity contribution in [2.75, 3.05) is 11.9 Å². The van der Waals surface area contributed by atoms with Crippen LogP contribution in [-0.4, -0.2) is 22.6 Å². The Morgan fingerprint density at radius 3 is 2.50 bits per heavy atom. The number of aryl methyl sites for hydroxylation is 1. The van der Waals surface area contributed by atoms with Gasteiger partial charge in [0.25, 0.3) is 11.5 Å². The number of carbonyl (C=O) groups excluding carboxylic acids is 1. The van der Waals surface area contributed by atoms with E-state index in [4.69, 9.17) is 0 Å². The van der Waals surface area contributed by atoms with E-state index < -0.39 is 11.5 Å². The molecular formula is C21H20N2O3. The minimum absolute atomic E-state index is 0.233. The highest BCUT2D eigenvalue weighted by Crippen LogP contribution is 2.27. The number of para-hydroxylation sites is 1. The van der Waals surface area contributed by atoms with Crippen LogP contribution in [-0.2, 0) is 13.5 Å². The average Bonchev–Trinajstić information content (AvgIpc) is 2.66. The van der Waals surface area contributed by atoms with Gasteiger partial charge in [0.05, 0.1) is 5.52 Å². The lowest BCUT2D eigenvalue weighted by atomic mass is 10.1. The van der Waals surface area contributed by atoms with E-state index in [1.54, 1.807) is 56.6 Å². The van der Waals surface area contributed by atoms with Crippen LogP contribution in [0.1, 0.15) is 15.9 Å². The van der Waals surface area contributed by atoms with Crippen molar-refractivity contribution < 1.29 is 9.90 Å². The average molecular weight is 348 g/mol. The fourth-order valence-corrected chi connectivity index (χ4v) is 2.98. The van der Waals surface area contributed by atoms with Crippen molar-refractivity contribution in [1.82, 2.24) is 4.57 Å². The Labute approximate surface area is 151 Å². The second-order valence-electron chi connectivity index (χ2n) is 6.13. The Hall–Kier alpha value is -3.34. The monoisotopic (exact) mass is 348 g/mol. The smallest absolute Gasteiger partial charge is 0.267 e. The summed E-state index contributed by atoms with van der Waals surface area (Å²) in [6, 6.07) is 14.4. The van der Waals surface area contributed by atoms with Crippen LogP contribution in [0.5, 0.6) is 5.75 Å². The molecule has 0 aliphatic rings. The summed E-state index contributed by atoms with van der Waals surface area (Å²) in [5.74, 6) is -0.839. The molecule has 1 aromatic heterocycles. The molecule has 1 heterocycles. The van der Waals surface area contributed by atoms with Crippen LogP contribution in [0.15, 0.2) is 66.0 Å². The molecule has 1 amide bonds. The van der Waals surface area contributed by atoms with Crippen LogP contribution in [0.4, 0.5) is 5.69 Å². The fraction of sp³-hybridized carbons (Fsp3) is 0.143. The number of carbonyl (C=O) groups is 1. The Balaban J connectivity index is 2.07. The summed E-state index contributed by atoms with van der Waals surface area (Å²) in [5.41, 5.74) is 1.53. The quantitative estimate of drug-likeness (QED) is 0.736. The minimum Gasteiger partial charge on any atom is -0.506 e. The van der Waals surface area contributed by atoms with Crippen LogP contribution in [0.2, 0.25) is 0 Å². The molecule has 5 heteroatoms. The van der Waals surface area contributed by atoms with Crippen molar-refractivity contribution in [3.63, 3.8) is 0 Å². The van der Waals surface area contributed by atoms with Crippen LogP contribution >= 0.6 is 0 Å². The van der Waals surface area contributed by atoms with Crippen LogP contribution in [0, 0.1) is 0 Å². The normalized spacial score (nSPS) is 10.7. The molecule has 26 heavy (non-hydrogen) atoms. The Morgan fingerprint density at radius 1 is 1.19 bits per heavy atom. The van der Waals surface area contributed by atoms with Gasteiger partial charge in [-0.25, -0.2) is 0 Å². The van der Waals surface area contributed by atoms with E-state index in [-0.39, 0.29) is 11.3 Å². The zero-order valence-electron chi connectivity index (χ0n) is 14.8. The molecule has 2 aromatic carbocycles. The van der Waals surface area contributed by atoms with E-state index in [0.717, 1.165) is 12.0 Å². The maximum atomic E-state index is 12.9. The molecule has 0 spiro atoms. The number of hydrogen-bond acceptors (Lipinski definition) is 3. The fourth-order valence-electron chi connectivity index (χ4n) is 2.98. The maximum absolute atomic E-state index is 12.9. The molecule has 3 aromatic rings. The Morgan fingerprint density at radius 2 is 1.85 bits per heavy atom. The van der Waals surface area contributed by atoms with Crippen molar-refractivity contribution in [1.29, 1.82) is 0 Å². The molecule has 0 aliphatic carbocycles. The first-order valence-electron chi connectivity index (χ1n) is 8.24. The molecule has 3 rings (SSSR count). The summed E-state index contributed by atoms with van der Waals surface area (Å²) in [6.45, 7) is 3.70. The van der Waals surface area contributed by atoms with Crippen LogP contribution in [0.25, 0.3) is 10.9 Å². The lowest BCUT2D eigenvalue weighted by Crippen LogP contribution is -2.34. The number of aromatic nitrogens is 1. The number of benzene rings is 2. The molecule has 132 valence electrons. The third kappa shape index (κ3) is 2.88. The highest BCUT2D eigenvalue weighted by Gasteiger charge is 2.24. The first-order valence-corrected chi connectivity index (χ1v) is 8.24. The van der Waals surface area contributed by atoms with Gasteiger partial charge in [-0.2, -0.15) is 0 Å². The van der Waals surface area contributed by atoms with Gasteiger partial charge < -0.3 is 14.6 Å². The number of nitrogens with zero attached hydrogens (tertiary/aromatic N) is 2. The lowest BCUT2D eigenvalue weighted by Gasteiger charge is -2.19. The van der Waals surface area contributed by atoms with Crippen molar-refractivity contribution in [3.8, 4) is 5.75 Å². The topological polar surface area (TPSA) is 62.5 Å². The first kappa shape index (κ1) is 17.5. The number of rotatable bonds is 4. The Kier molecular flexibility index (Phi) is 4.63. The van der Waals surface area contributed by atoms with Gasteiger partial charge in [-0.15, -0.1) is 6.58 Å². The highest BCUT2D eigenvalue weighted by atomic mass is 16.3. The van der Waals surface area contributed by atoms with Crippen molar-refractivity contribution >= 4 is 22.5 Å². The number of pyridine rings is 1. The molecule has 1 N–H and O–H groups in total. The zero-order chi connectivity index (χ0) is 18.8. The van der Waals surface area contributed by atoms with Gasteiger partial charge in [0.1, 0.15) is 11.3 Å². The van der Waals surface area contributed by atoms with Crippen LogP contribution < -0.4 is 10.5 Å². The van der Waals surface area contributed by atoms with E-state index in [1.807, 2.05) is 12.1 Å². The van der Waals surface area contributed by atoms with Gasteiger partial charge in [-0.3, -0.25) is 9.59 Å². The third-order valence-corrected chi connectivity index (χ3v) is 4.50. The number of fused-ring (bicyclic) bond motifs is 1. The molecule has 0 saturated heterocycles. The maximum Gasteiger partial charge on any atom is 0.267 e. The summed E-state index contributed by atoms with van der Waals surface area (Å²) in [5, 5.41) is 11.0. The molecule has 0 fully saturated rings. The van der Waals surface area contributed by atoms with E-state index >= 15 is 0 Å². The van der Waals surface area contributed by atoms with Gasteiger partial charge in [0.2, 0.25) is 0 Å². The molecule has 0 radical (unpaired) electrons. The number of hydrogen-bond donors (Lipinski definition) is 1. The first-order chi connectivity index (χ1) is 12.5. The minimum atomic E-state index is -0.551.